The van der Waals surface area contributed by atoms with E-state index in [1.807, 2.05) is 13.8 Å². The van der Waals surface area contributed by atoms with Gasteiger partial charge in [-0.15, -0.1) is 0 Å². The van der Waals surface area contributed by atoms with Gasteiger partial charge in [0.15, 0.2) is 0 Å². The molecule has 0 bridgehead atoms. The molecule has 0 saturated heterocycles. The maximum Gasteiger partial charge on any atom is 0.264 e. The van der Waals surface area contributed by atoms with E-state index in [0.717, 1.165) is 6.42 Å². The van der Waals surface area contributed by atoms with E-state index in [1.54, 1.807) is 4.68 Å². The van der Waals surface area contributed by atoms with Crippen molar-refractivity contribution in [3.8, 4) is 0 Å². The Labute approximate surface area is 99.8 Å². The lowest BCUT2D eigenvalue weighted by Gasteiger charge is -2.07. The van der Waals surface area contributed by atoms with E-state index in [2.05, 4.69) is 5.10 Å². The van der Waals surface area contributed by atoms with E-state index in [-0.39, 0.29) is 17.5 Å². The molecule has 0 unspecified atom stereocenters. The van der Waals surface area contributed by atoms with Crippen molar-refractivity contribution in [1.29, 1.82) is 0 Å². The lowest BCUT2D eigenvalue weighted by atomic mass is 10.3. The Kier molecular flexibility index (Phi) is 4.35. The normalized spacial score (nSPS) is 14.0. The first-order valence-corrected chi connectivity index (χ1v) is 7.22. The number of hydrogen-bond donors (Lipinski definition) is 0. The second-order valence-electron chi connectivity index (χ2n) is 3.55. The van der Waals surface area contributed by atoms with Crippen molar-refractivity contribution in [2.24, 2.45) is 0 Å². The van der Waals surface area contributed by atoms with Gasteiger partial charge in [0.05, 0.1) is 6.61 Å². The fourth-order valence-electron chi connectivity index (χ4n) is 1.27. The lowest BCUT2D eigenvalue weighted by Crippen LogP contribution is -2.04. The third kappa shape index (κ3) is 2.96. The van der Waals surface area contributed by atoms with Crippen LogP contribution in [0.5, 0.6) is 0 Å². The average molecular weight is 267 g/mol. The van der Waals surface area contributed by atoms with Gasteiger partial charge in [0.25, 0.3) is 9.05 Å². The minimum Gasteiger partial charge on any atom is -0.378 e. The Morgan fingerprint density at radius 3 is 2.69 bits per heavy atom. The van der Waals surface area contributed by atoms with Crippen LogP contribution >= 0.6 is 10.7 Å². The summed E-state index contributed by atoms with van der Waals surface area (Å²) in [7, 11) is 3.04. The van der Waals surface area contributed by atoms with Crippen molar-refractivity contribution < 1.29 is 13.2 Å². The third-order valence-electron chi connectivity index (χ3n) is 2.36. The molecule has 0 aliphatic heterocycles. The van der Waals surface area contributed by atoms with Gasteiger partial charge in [-0.1, -0.05) is 6.92 Å². The highest BCUT2D eigenvalue weighted by Crippen LogP contribution is 2.22. The summed E-state index contributed by atoms with van der Waals surface area (Å²) in [6.45, 7) is 4.08. The molecule has 1 atom stereocenters. The summed E-state index contributed by atoms with van der Waals surface area (Å²) in [6, 6.07) is 0.128. The smallest absolute Gasteiger partial charge is 0.264 e. The molecule has 7 heteroatoms. The number of hydrogen-bond acceptors (Lipinski definition) is 4. The van der Waals surface area contributed by atoms with Crippen molar-refractivity contribution in [2.75, 3.05) is 7.11 Å². The van der Waals surface area contributed by atoms with Crippen molar-refractivity contribution in [3.05, 3.63) is 11.9 Å². The van der Waals surface area contributed by atoms with Crippen LogP contribution in [-0.2, 0) is 20.4 Å². The zero-order valence-electron chi connectivity index (χ0n) is 9.47. The van der Waals surface area contributed by atoms with Crippen LogP contribution in [0.3, 0.4) is 0 Å². The van der Waals surface area contributed by atoms with Crippen LogP contribution in [0.15, 0.2) is 11.1 Å². The maximum absolute atomic E-state index is 11.3. The van der Waals surface area contributed by atoms with Crippen LogP contribution < -0.4 is 0 Å². The first kappa shape index (κ1) is 13.5. The molecule has 0 spiro atoms. The number of aromatic nitrogens is 2. The highest BCUT2D eigenvalue weighted by Gasteiger charge is 2.21. The van der Waals surface area contributed by atoms with E-state index < -0.39 is 9.05 Å². The second kappa shape index (κ2) is 5.16. The maximum atomic E-state index is 11.3. The quantitative estimate of drug-likeness (QED) is 0.764. The molecule has 0 aromatic carbocycles. The second-order valence-corrected chi connectivity index (χ2v) is 6.08. The minimum atomic E-state index is -3.77. The zero-order chi connectivity index (χ0) is 12.3. The summed E-state index contributed by atoms with van der Waals surface area (Å²) in [4.78, 5) is 0.0244. The Morgan fingerprint density at radius 2 is 2.25 bits per heavy atom. The minimum absolute atomic E-state index is 0.0244. The Balaban J connectivity index is 3.20. The van der Waals surface area contributed by atoms with Crippen LogP contribution in [0.25, 0.3) is 0 Å². The van der Waals surface area contributed by atoms with Gasteiger partial charge in [0.1, 0.15) is 10.6 Å². The molecule has 1 heterocycles. The SMILES string of the molecule is CC[C@H](C)n1cc(S(=O)(=O)Cl)c(COC)n1. The van der Waals surface area contributed by atoms with Gasteiger partial charge in [-0.2, -0.15) is 5.10 Å². The van der Waals surface area contributed by atoms with Crippen LogP contribution in [0.1, 0.15) is 32.0 Å². The van der Waals surface area contributed by atoms with Crippen molar-refractivity contribution in [3.63, 3.8) is 0 Å². The molecule has 0 N–H and O–H groups in total. The van der Waals surface area contributed by atoms with E-state index in [0.29, 0.717) is 5.69 Å². The Morgan fingerprint density at radius 1 is 1.62 bits per heavy atom. The largest absolute Gasteiger partial charge is 0.378 e. The number of nitrogens with zero attached hydrogens (tertiary/aromatic N) is 2. The molecular weight excluding hydrogens is 252 g/mol. The number of halogens is 1. The number of methoxy groups -OCH3 is 1. The molecule has 0 radical (unpaired) electrons. The molecular formula is C9H15ClN2O3S. The molecule has 0 fully saturated rings. The molecule has 16 heavy (non-hydrogen) atoms. The van der Waals surface area contributed by atoms with Gasteiger partial charge < -0.3 is 4.74 Å². The topological polar surface area (TPSA) is 61.2 Å². The predicted octanol–water partition coefficient (Wildman–Crippen LogP) is 1.93. The predicted molar refractivity (Wildman–Crippen MR) is 61.0 cm³/mol. The third-order valence-corrected chi connectivity index (χ3v) is 3.72. The summed E-state index contributed by atoms with van der Waals surface area (Å²) in [5.74, 6) is 0. The highest BCUT2D eigenvalue weighted by molar-refractivity contribution is 8.13. The molecule has 5 nitrogen and oxygen atoms in total. The van der Waals surface area contributed by atoms with Crippen LogP contribution in [-0.4, -0.2) is 25.3 Å². The standard InChI is InChI=1S/C9H15ClN2O3S/c1-4-7(2)12-5-9(16(10,13)14)8(11-12)6-15-3/h5,7H,4,6H2,1-3H3/t7-/m0/s1. The fourth-order valence-corrected chi connectivity index (χ4v) is 2.27. The van der Waals surface area contributed by atoms with E-state index in [4.69, 9.17) is 15.4 Å². The molecule has 0 saturated carbocycles. The van der Waals surface area contributed by atoms with Crippen LogP contribution in [0.4, 0.5) is 0 Å². The van der Waals surface area contributed by atoms with E-state index >= 15 is 0 Å². The molecule has 0 aliphatic carbocycles. The average Bonchev–Trinajstić information content (AvgIpc) is 2.61. The monoisotopic (exact) mass is 266 g/mol. The summed E-state index contributed by atoms with van der Waals surface area (Å²) < 4.78 is 29.1. The van der Waals surface area contributed by atoms with Crippen molar-refractivity contribution in [2.45, 2.75) is 37.8 Å². The summed E-state index contributed by atoms with van der Waals surface area (Å²) >= 11 is 0. The number of rotatable bonds is 5. The Bertz CT molecular complexity index is 455. The van der Waals surface area contributed by atoms with Gasteiger partial charge in [0, 0.05) is 30.0 Å². The van der Waals surface area contributed by atoms with Gasteiger partial charge in [0.2, 0.25) is 0 Å². The number of ether oxygens (including phenoxy) is 1. The summed E-state index contributed by atoms with van der Waals surface area (Å²) in [6.07, 6.45) is 2.31. The van der Waals surface area contributed by atoms with Crippen molar-refractivity contribution >= 4 is 19.7 Å². The van der Waals surface area contributed by atoms with Gasteiger partial charge in [-0.3, -0.25) is 4.68 Å². The van der Waals surface area contributed by atoms with E-state index in [1.165, 1.54) is 13.3 Å². The van der Waals surface area contributed by atoms with Gasteiger partial charge >= 0.3 is 0 Å². The van der Waals surface area contributed by atoms with Gasteiger partial charge in [-0.25, -0.2) is 8.42 Å². The summed E-state index contributed by atoms with van der Waals surface area (Å²) in [5.41, 5.74) is 0.345. The molecule has 0 amide bonds. The lowest BCUT2D eigenvalue weighted by molar-refractivity contribution is 0.178. The Hall–Kier alpha value is -0.590. The van der Waals surface area contributed by atoms with Gasteiger partial charge in [-0.05, 0) is 13.3 Å². The molecule has 1 aromatic heterocycles. The van der Waals surface area contributed by atoms with Crippen molar-refractivity contribution in [1.82, 2.24) is 9.78 Å². The molecule has 92 valence electrons. The highest BCUT2D eigenvalue weighted by atomic mass is 35.7. The molecule has 1 rings (SSSR count). The zero-order valence-corrected chi connectivity index (χ0v) is 11.0. The first-order valence-electron chi connectivity index (χ1n) is 4.91. The van der Waals surface area contributed by atoms with E-state index in [9.17, 15) is 8.42 Å². The van der Waals surface area contributed by atoms with Crippen LogP contribution in [0, 0.1) is 0 Å². The summed E-state index contributed by atoms with van der Waals surface area (Å²) in [5, 5.41) is 4.17. The molecule has 0 aliphatic rings. The first-order chi connectivity index (χ1) is 7.40. The fraction of sp³-hybridized carbons (Fsp3) is 0.667. The van der Waals surface area contributed by atoms with Crippen LogP contribution in [0.2, 0.25) is 0 Å². The molecule has 1 aromatic rings.